The van der Waals surface area contributed by atoms with Crippen molar-refractivity contribution < 1.29 is 32.5 Å². The van der Waals surface area contributed by atoms with Gasteiger partial charge in [0.05, 0.1) is 36.8 Å². The Bertz CT molecular complexity index is 920. The van der Waals surface area contributed by atoms with Gasteiger partial charge in [0.1, 0.15) is 5.56 Å². The van der Waals surface area contributed by atoms with E-state index in [0.717, 1.165) is 12.4 Å². The van der Waals surface area contributed by atoms with Gasteiger partial charge in [-0.25, -0.2) is 9.48 Å². The lowest BCUT2D eigenvalue weighted by atomic mass is 10.1. The van der Waals surface area contributed by atoms with Crippen molar-refractivity contribution >= 4 is 11.7 Å². The molecule has 2 rings (SSSR count). The molecule has 2 N–H and O–H groups in total. The summed E-state index contributed by atoms with van der Waals surface area (Å²) in [5.74, 6) is -1.23. The number of anilines is 1. The van der Waals surface area contributed by atoms with Crippen molar-refractivity contribution in [1.82, 2.24) is 14.8 Å². The van der Waals surface area contributed by atoms with Crippen LogP contribution < -0.4 is 10.1 Å². The Morgan fingerprint density at radius 1 is 1.23 bits per heavy atom. The van der Waals surface area contributed by atoms with Crippen LogP contribution >= 0.6 is 0 Å². The van der Waals surface area contributed by atoms with Crippen molar-refractivity contribution in [3.05, 3.63) is 29.2 Å². The summed E-state index contributed by atoms with van der Waals surface area (Å²) in [7, 11) is 0. The number of pyridine rings is 1. The van der Waals surface area contributed by atoms with Crippen LogP contribution in [0.25, 0.3) is 0 Å². The highest BCUT2D eigenvalue weighted by Crippen LogP contribution is 2.43. The molecule has 0 fully saturated rings. The highest BCUT2D eigenvalue weighted by molar-refractivity contribution is 5.89. The molecule has 0 radical (unpaired) electrons. The normalized spacial score (nSPS) is 12.0. The molecule has 8 nitrogen and oxygen atoms in total. The summed E-state index contributed by atoms with van der Waals surface area (Å²) >= 11 is 0. The van der Waals surface area contributed by atoms with Gasteiger partial charge in [-0.15, -0.1) is 0 Å². The first-order valence-corrected chi connectivity index (χ1v) is 9.82. The number of hydrogen-bond acceptors (Lipinski definition) is 7. The first-order chi connectivity index (χ1) is 14.5. The van der Waals surface area contributed by atoms with Gasteiger partial charge >= 0.3 is 12.1 Å². The Labute approximate surface area is 178 Å². The van der Waals surface area contributed by atoms with Gasteiger partial charge in [0.25, 0.3) is 0 Å². The molecule has 0 bridgehead atoms. The van der Waals surface area contributed by atoms with Crippen LogP contribution in [0.4, 0.5) is 18.9 Å². The third kappa shape index (κ3) is 5.46. The number of aliphatic hydroxyl groups is 1. The minimum absolute atomic E-state index is 0.00432. The maximum absolute atomic E-state index is 13.9. The van der Waals surface area contributed by atoms with Gasteiger partial charge in [-0.3, -0.25) is 4.98 Å². The molecule has 2 heterocycles. The second-order valence-electron chi connectivity index (χ2n) is 7.60. The van der Waals surface area contributed by atoms with E-state index < -0.39 is 29.0 Å². The summed E-state index contributed by atoms with van der Waals surface area (Å²) in [6.45, 7) is 8.40. The fourth-order valence-corrected chi connectivity index (χ4v) is 2.92. The molecule has 0 saturated carbocycles. The van der Waals surface area contributed by atoms with Gasteiger partial charge in [0.2, 0.25) is 5.88 Å². The van der Waals surface area contributed by atoms with Crippen LogP contribution in [0.1, 0.15) is 56.2 Å². The Hall–Kier alpha value is -2.82. The largest absolute Gasteiger partial charge is 0.461 e. The van der Waals surface area contributed by atoms with Crippen LogP contribution in [-0.4, -0.2) is 45.6 Å². The molecule has 2 aromatic heterocycles. The molecule has 0 amide bonds. The molecule has 0 aliphatic carbocycles. The molecule has 11 heteroatoms. The maximum Gasteiger partial charge on any atom is 0.422 e. The number of nitrogens with one attached hydrogen (secondary N) is 1. The zero-order valence-corrected chi connectivity index (χ0v) is 18.1. The number of halogens is 3. The number of aliphatic hydroxyl groups excluding tert-OH is 1. The van der Waals surface area contributed by atoms with Gasteiger partial charge in [-0.1, -0.05) is 6.92 Å². The zero-order valence-electron chi connectivity index (χ0n) is 18.1. The van der Waals surface area contributed by atoms with Crippen molar-refractivity contribution in [2.75, 3.05) is 25.1 Å². The van der Waals surface area contributed by atoms with E-state index in [1.807, 2.05) is 0 Å². The van der Waals surface area contributed by atoms with E-state index >= 15 is 0 Å². The van der Waals surface area contributed by atoms with Gasteiger partial charge < -0.3 is 19.9 Å². The van der Waals surface area contributed by atoms with E-state index in [9.17, 15) is 18.0 Å². The molecule has 172 valence electrons. The highest BCUT2D eigenvalue weighted by Gasteiger charge is 2.39. The number of hydrogen-bond donors (Lipinski definition) is 2. The molecule has 31 heavy (non-hydrogen) atoms. The first kappa shape index (κ1) is 24.4. The second-order valence-corrected chi connectivity index (χ2v) is 7.60. The standard InChI is InChI=1S/C20H27F3N4O4/c1-6-12-16(18(29)30-7-2)26-27(19(3,4)5)17(12)31-14-11-24-10-13(25-8-9-28)15(14)20(21,22)23/h10-11,25,28H,6-9H2,1-5H3. The Morgan fingerprint density at radius 2 is 1.90 bits per heavy atom. The number of carbonyl (C=O) groups excluding carboxylic acids is 1. The van der Waals surface area contributed by atoms with Crippen LogP contribution in [0.3, 0.4) is 0 Å². The van der Waals surface area contributed by atoms with Crippen LogP contribution in [0.2, 0.25) is 0 Å². The summed E-state index contributed by atoms with van der Waals surface area (Å²) < 4.78 is 53.8. The fraction of sp³-hybridized carbons (Fsp3) is 0.550. The zero-order chi connectivity index (χ0) is 23.4. The predicted octanol–water partition coefficient (Wildman–Crippen LogP) is 3.99. The third-order valence-corrected chi connectivity index (χ3v) is 4.22. The molecule has 0 aliphatic rings. The van der Waals surface area contributed by atoms with Gasteiger partial charge in [-0.2, -0.15) is 18.3 Å². The molecule has 0 spiro atoms. The Morgan fingerprint density at radius 3 is 2.42 bits per heavy atom. The third-order valence-electron chi connectivity index (χ3n) is 4.22. The summed E-state index contributed by atoms with van der Waals surface area (Å²) in [5, 5.41) is 15.8. The predicted molar refractivity (Wildman–Crippen MR) is 107 cm³/mol. The molecule has 0 unspecified atom stereocenters. The lowest BCUT2D eigenvalue weighted by Crippen LogP contribution is -2.24. The van der Waals surface area contributed by atoms with E-state index in [4.69, 9.17) is 14.6 Å². The number of alkyl halides is 3. The molecule has 0 saturated heterocycles. The SMILES string of the molecule is CCOC(=O)c1nn(C(C)(C)C)c(Oc2cncc(NCCO)c2C(F)(F)F)c1CC. The lowest BCUT2D eigenvalue weighted by Gasteiger charge is -2.24. The van der Waals surface area contributed by atoms with E-state index in [-0.39, 0.29) is 43.4 Å². The molecule has 2 aromatic rings. The number of esters is 1. The molecular weight excluding hydrogens is 417 g/mol. The van der Waals surface area contributed by atoms with Crippen molar-refractivity contribution in [2.45, 2.75) is 52.8 Å². The summed E-state index contributed by atoms with van der Waals surface area (Å²) in [6, 6.07) is 0. The quantitative estimate of drug-likeness (QED) is 0.594. The van der Waals surface area contributed by atoms with Crippen molar-refractivity contribution in [3.63, 3.8) is 0 Å². The second kappa shape index (κ2) is 9.54. The highest BCUT2D eigenvalue weighted by atomic mass is 19.4. The van der Waals surface area contributed by atoms with Crippen molar-refractivity contribution in [1.29, 1.82) is 0 Å². The van der Waals surface area contributed by atoms with Gasteiger partial charge in [0.15, 0.2) is 11.4 Å². The van der Waals surface area contributed by atoms with Crippen LogP contribution in [-0.2, 0) is 22.9 Å². The molecule has 0 aromatic carbocycles. The molecule has 0 atom stereocenters. The number of aromatic nitrogens is 3. The summed E-state index contributed by atoms with van der Waals surface area (Å²) in [4.78, 5) is 16.2. The Balaban J connectivity index is 2.69. The van der Waals surface area contributed by atoms with E-state index in [0.29, 0.717) is 5.56 Å². The minimum Gasteiger partial charge on any atom is -0.461 e. The van der Waals surface area contributed by atoms with E-state index in [1.165, 1.54) is 4.68 Å². The number of ether oxygens (including phenoxy) is 2. The summed E-state index contributed by atoms with van der Waals surface area (Å²) in [6.07, 6.45) is -2.52. The van der Waals surface area contributed by atoms with Gasteiger partial charge in [-0.05, 0) is 34.1 Å². The molecule has 0 aliphatic heterocycles. The van der Waals surface area contributed by atoms with Gasteiger partial charge in [0, 0.05) is 12.1 Å². The topological polar surface area (TPSA) is 98.5 Å². The van der Waals surface area contributed by atoms with Crippen LogP contribution in [0.5, 0.6) is 11.6 Å². The van der Waals surface area contributed by atoms with E-state index in [2.05, 4.69) is 15.4 Å². The first-order valence-electron chi connectivity index (χ1n) is 9.82. The van der Waals surface area contributed by atoms with E-state index in [1.54, 1.807) is 34.6 Å². The monoisotopic (exact) mass is 444 g/mol. The number of nitrogens with zero attached hydrogens (tertiary/aromatic N) is 3. The fourth-order valence-electron chi connectivity index (χ4n) is 2.92. The average molecular weight is 444 g/mol. The maximum atomic E-state index is 13.9. The van der Waals surface area contributed by atoms with Crippen molar-refractivity contribution in [2.24, 2.45) is 0 Å². The van der Waals surface area contributed by atoms with Crippen LogP contribution in [0, 0.1) is 0 Å². The van der Waals surface area contributed by atoms with Crippen LogP contribution in [0.15, 0.2) is 12.4 Å². The minimum atomic E-state index is -4.76. The average Bonchev–Trinajstić information content (AvgIpc) is 3.04. The number of carbonyl (C=O) groups is 1. The Kier molecular flexibility index (Phi) is 7.53. The van der Waals surface area contributed by atoms with Crippen molar-refractivity contribution in [3.8, 4) is 11.6 Å². The summed E-state index contributed by atoms with van der Waals surface area (Å²) in [5.41, 5.74) is -1.79. The lowest BCUT2D eigenvalue weighted by molar-refractivity contribution is -0.138. The smallest absolute Gasteiger partial charge is 0.422 e. The number of rotatable bonds is 8. The molecular formula is C20H27F3N4O4.